The van der Waals surface area contributed by atoms with E-state index in [0.29, 0.717) is 12.8 Å². The molecule has 4 N–H and O–H groups in total. The molecule has 39 heavy (non-hydrogen) atoms. The number of carbonyl (C=O) groups excluding carboxylic acids is 2. The summed E-state index contributed by atoms with van der Waals surface area (Å²) in [6, 6.07) is 17.2. The average Bonchev–Trinajstić information content (AvgIpc) is 3.58. The second-order valence-electron chi connectivity index (χ2n) is 10.4. The Labute approximate surface area is 229 Å². The van der Waals surface area contributed by atoms with Crippen LogP contribution in [0.5, 0.6) is 5.75 Å². The van der Waals surface area contributed by atoms with Crippen LogP contribution in [0.15, 0.2) is 54.6 Å². The van der Waals surface area contributed by atoms with Crippen molar-refractivity contribution >= 4 is 18.0 Å². The minimum absolute atomic E-state index is 0.00453. The number of carboxylic acid groups (broad SMARTS) is 1. The van der Waals surface area contributed by atoms with E-state index in [1.165, 1.54) is 9.80 Å². The lowest BCUT2D eigenvalue weighted by Crippen LogP contribution is -2.55. The van der Waals surface area contributed by atoms with E-state index in [1.54, 1.807) is 7.11 Å². The van der Waals surface area contributed by atoms with Gasteiger partial charge in [0.05, 0.1) is 13.7 Å². The van der Waals surface area contributed by atoms with E-state index in [4.69, 9.17) is 15.6 Å². The van der Waals surface area contributed by atoms with Gasteiger partial charge in [0.1, 0.15) is 11.3 Å². The van der Waals surface area contributed by atoms with Gasteiger partial charge in [0.15, 0.2) is 0 Å². The second kappa shape index (κ2) is 12.9. The van der Waals surface area contributed by atoms with Crippen LogP contribution in [0.3, 0.4) is 0 Å². The summed E-state index contributed by atoms with van der Waals surface area (Å²) >= 11 is 0. The van der Waals surface area contributed by atoms with Crippen LogP contribution in [0.1, 0.15) is 49.3 Å². The maximum absolute atomic E-state index is 13.2. The first-order valence-electron chi connectivity index (χ1n) is 13.6. The predicted molar refractivity (Wildman–Crippen MR) is 147 cm³/mol. The van der Waals surface area contributed by atoms with Crippen molar-refractivity contribution in [2.45, 2.75) is 50.2 Å². The van der Waals surface area contributed by atoms with Crippen LogP contribution in [-0.4, -0.2) is 83.2 Å². The molecule has 0 aromatic heterocycles. The van der Waals surface area contributed by atoms with E-state index in [1.807, 2.05) is 42.5 Å². The first kappa shape index (κ1) is 28.4. The van der Waals surface area contributed by atoms with Gasteiger partial charge >= 0.3 is 12.1 Å². The highest BCUT2D eigenvalue weighted by Gasteiger charge is 2.52. The van der Waals surface area contributed by atoms with Crippen LogP contribution in [0.25, 0.3) is 0 Å². The molecule has 5 rings (SSSR count). The van der Waals surface area contributed by atoms with Crippen LogP contribution in [0.4, 0.5) is 9.59 Å². The number of urea groups is 1. The lowest BCUT2D eigenvalue weighted by atomic mass is 9.87. The smallest absolute Gasteiger partial charge is 0.407 e. The molecule has 2 aromatic rings. The number of hydrogen-bond acceptors (Lipinski definition) is 6. The van der Waals surface area contributed by atoms with E-state index in [-0.39, 0.29) is 24.5 Å². The zero-order valence-electron chi connectivity index (χ0n) is 22.6. The molecule has 3 saturated heterocycles. The molecule has 3 fully saturated rings. The van der Waals surface area contributed by atoms with Crippen LogP contribution in [-0.2, 0) is 11.3 Å². The Morgan fingerprint density at radius 2 is 1.67 bits per heavy atom. The number of benzene rings is 2. The van der Waals surface area contributed by atoms with Crippen LogP contribution < -0.4 is 15.8 Å². The maximum Gasteiger partial charge on any atom is 0.407 e. The summed E-state index contributed by atoms with van der Waals surface area (Å²) in [7, 11) is 1.61. The van der Waals surface area contributed by atoms with Crippen molar-refractivity contribution in [3.05, 3.63) is 65.7 Å². The van der Waals surface area contributed by atoms with Crippen molar-refractivity contribution in [1.29, 1.82) is 0 Å². The second-order valence-corrected chi connectivity index (χ2v) is 10.4. The summed E-state index contributed by atoms with van der Waals surface area (Å²) in [4.78, 5) is 41.0. The number of nitrogens with one attached hydrogen (secondary N) is 1. The number of nitrogens with zero attached hydrogens (tertiary/aromatic N) is 3. The number of hydrogen-bond donors (Lipinski definition) is 3. The topological polar surface area (TPSA) is 128 Å². The summed E-state index contributed by atoms with van der Waals surface area (Å²) in [5.41, 5.74) is 7.59. The summed E-state index contributed by atoms with van der Waals surface area (Å²) in [5, 5.41) is 11.3. The van der Waals surface area contributed by atoms with E-state index in [9.17, 15) is 14.4 Å². The number of nitrogens with two attached hydrogens (primary N) is 1. The van der Waals surface area contributed by atoms with E-state index < -0.39 is 11.6 Å². The SMILES string of the molecule is COc1ccc(CN2C(=O)NC3(CCN(CC[C@H](N)c4ccccc4)CC3)C2=O)cc1.O=C(O)N1CCCC1. The van der Waals surface area contributed by atoms with Crippen molar-refractivity contribution in [1.82, 2.24) is 20.0 Å². The number of imide groups is 1. The molecule has 3 aliphatic rings. The first-order chi connectivity index (χ1) is 18.8. The predicted octanol–water partition coefficient (Wildman–Crippen LogP) is 3.43. The maximum atomic E-state index is 13.2. The van der Waals surface area contributed by atoms with E-state index >= 15 is 0 Å². The third kappa shape index (κ3) is 7.07. The Balaban J connectivity index is 0.000000379. The lowest BCUT2D eigenvalue weighted by molar-refractivity contribution is -0.133. The quantitative estimate of drug-likeness (QED) is 0.462. The van der Waals surface area contributed by atoms with Gasteiger partial charge in [0.2, 0.25) is 0 Å². The average molecular weight is 538 g/mol. The zero-order valence-corrected chi connectivity index (χ0v) is 22.6. The molecule has 2 aromatic carbocycles. The Hall–Kier alpha value is -3.63. The molecule has 0 saturated carbocycles. The number of likely N-dealkylation sites (tertiary alicyclic amines) is 2. The number of methoxy groups -OCH3 is 1. The largest absolute Gasteiger partial charge is 0.497 e. The number of rotatable bonds is 7. The van der Waals surface area contributed by atoms with Crippen molar-refractivity contribution in [2.24, 2.45) is 5.73 Å². The zero-order chi connectivity index (χ0) is 27.8. The van der Waals surface area contributed by atoms with Gasteiger partial charge in [-0.15, -0.1) is 0 Å². The number of piperidine rings is 1. The number of amides is 4. The van der Waals surface area contributed by atoms with Gasteiger partial charge in [-0.05, 0) is 61.9 Å². The summed E-state index contributed by atoms with van der Waals surface area (Å²) in [5.74, 6) is 0.630. The van der Waals surface area contributed by atoms with Gasteiger partial charge in [-0.1, -0.05) is 42.5 Å². The highest BCUT2D eigenvalue weighted by Crippen LogP contribution is 2.31. The standard InChI is InChI=1S/C24H30N4O3.C5H9NO2/c1-31-20-9-7-18(8-10-20)17-28-22(29)24(26-23(28)30)12-15-27(16-13-24)14-11-21(25)19-5-3-2-4-6-19;7-5(8)6-3-1-2-4-6/h2-10,21H,11-17,25H2,1H3,(H,26,30);1-4H2,(H,7,8)/t21-;/m0./s1. The monoisotopic (exact) mass is 537 g/mol. The summed E-state index contributed by atoms with van der Waals surface area (Å²) < 4.78 is 5.17. The third-order valence-corrected chi connectivity index (χ3v) is 7.82. The van der Waals surface area contributed by atoms with Crippen molar-refractivity contribution in [3.8, 4) is 5.75 Å². The van der Waals surface area contributed by atoms with Gasteiger partial charge in [0.25, 0.3) is 5.91 Å². The molecule has 1 atom stereocenters. The molecule has 0 aliphatic carbocycles. The van der Waals surface area contributed by atoms with Crippen molar-refractivity contribution in [3.63, 3.8) is 0 Å². The van der Waals surface area contributed by atoms with Crippen LogP contribution in [0, 0.1) is 0 Å². The number of carbonyl (C=O) groups is 3. The van der Waals surface area contributed by atoms with Gasteiger partial charge in [-0.3, -0.25) is 9.69 Å². The summed E-state index contributed by atoms with van der Waals surface area (Å²) in [6.45, 7) is 4.15. The fourth-order valence-electron chi connectivity index (χ4n) is 5.33. The fraction of sp³-hybridized carbons (Fsp3) is 0.483. The molecule has 10 nitrogen and oxygen atoms in total. The van der Waals surface area contributed by atoms with Crippen molar-refractivity contribution < 1.29 is 24.2 Å². The lowest BCUT2D eigenvalue weighted by Gasteiger charge is -2.37. The molecule has 0 unspecified atom stereocenters. The number of ether oxygens (including phenoxy) is 1. The molecule has 0 radical (unpaired) electrons. The van der Waals surface area contributed by atoms with Gasteiger partial charge in [-0.25, -0.2) is 9.59 Å². The minimum atomic E-state index is -0.776. The third-order valence-electron chi connectivity index (χ3n) is 7.82. The summed E-state index contributed by atoms with van der Waals surface area (Å²) in [6.07, 6.45) is 3.40. The molecule has 10 heteroatoms. The highest BCUT2D eigenvalue weighted by molar-refractivity contribution is 6.07. The fourth-order valence-corrected chi connectivity index (χ4v) is 5.33. The first-order valence-corrected chi connectivity index (χ1v) is 13.6. The Kier molecular flexibility index (Phi) is 9.42. The highest BCUT2D eigenvalue weighted by atomic mass is 16.5. The molecule has 3 aliphatic heterocycles. The van der Waals surface area contributed by atoms with Gasteiger partial charge in [0, 0.05) is 32.2 Å². The van der Waals surface area contributed by atoms with Crippen molar-refractivity contribution in [2.75, 3.05) is 39.8 Å². The Morgan fingerprint density at radius 3 is 2.23 bits per heavy atom. The molecular weight excluding hydrogens is 498 g/mol. The Morgan fingerprint density at radius 1 is 1.03 bits per heavy atom. The molecule has 3 heterocycles. The molecule has 0 bridgehead atoms. The Bertz CT molecular complexity index is 1110. The van der Waals surface area contributed by atoms with E-state index in [0.717, 1.165) is 68.9 Å². The molecule has 210 valence electrons. The molecule has 1 spiro atoms. The molecule has 4 amide bonds. The minimum Gasteiger partial charge on any atom is -0.497 e. The molecular formula is C29H39N5O5. The van der Waals surface area contributed by atoms with E-state index in [2.05, 4.69) is 22.3 Å². The van der Waals surface area contributed by atoms with Crippen LogP contribution in [0.2, 0.25) is 0 Å². The van der Waals surface area contributed by atoms with Crippen LogP contribution >= 0.6 is 0 Å². The van der Waals surface area contributed by atoms with Gasteiger partial charge < -0.3 is 30.7 Å². The normalized spacial score (nSPS) is 19.4. The van der Waals surface area contributed by atoms with Gasteiger partial charge in [-0.2, -0.15) is 0 Å².